The van der Waals surface area contributed by atoms with Crippen LogP contribution in [0.15, 0.2) is 22.7 Å². The van der Waals surface area contributed by atoms with Crippen molar-refractivity contribution in [3.05, 3.63) is 27.7 Å². The zero-order chi connectivity index (χ0) is 13.2. The summed E-state index contributed by atoms with van der Waals surface area (Å²) in [5.41, 5.74) is -0.221. The molecule has 0 radical (unpaired) electrons. The van der Waals surface area contributed by atoms with Gasteiger partial charge in [-0.15, -0.1) is 0 Å². The highest BCUT2D eigenvalue weighted by atomic mass is 79.9. The number of hydrogen-bond acceptors (Lipinski definition) is 3. The minimum atomic E-state index is -0.953. The molecule has 2 rings (SSSR count). The van der Waals surface area contributed by atoms with Crippen molar-refractivity contribution in [2.24, 2.45) is 0 Å². The Balaban J connectivity index is 2.23. The maximum atomic E-state index is 11.5. The van der Waals surface area contributed by atoms with Crippen molar-refractivity contribution < 1.29 is 14.6 Å². The Bertz CT molecular complexity index is 461. The number of nitrogens with one attached hydrogen (secondary N) is 1. The highest BCUT2D eigenvalue weighted by Crippen LogP contribution is 2.30. The number of anilines is 1. The van der Waals surface area contributed by atoms with Crippen LogP contribution in [0.5, 0.6) is 0 Å². The molecule has 1 heterocycles. The summed E-state index contributed by atoms with van der Waals surface area (Å²) in [5.74, 6) is -0.850. The van der Waals surface area contributed by atoms with Crippen LogP contribution in [0.3, 0.4) is 0 Å². The molecule has 2 N–H and O–H groups in total. The SMILES string of the molecule is O=C(O)C1(Nc2ccc(Cl)c(Br)c2)CCOCC1. The molecule has 0 unspecified atom stereocenters. The first-order chi connectivity index (χ1) is 8.53. The first kappa shape index (κ1) is 13.6. The van der Waals surface area contributed by atoms with Crippen LogP contribution in [0.4, 0.5) is 5.69 Å². The van der Waals surface area contributed by atoms with Gasteiger partial charge in [-0.3, -0.25) is 0 Å². The number of hydrogen-bond donors (Lipinski definition) is 2. The predicted molar refractivity (Wildman–Crippen MR) is 73.2 cm³/mol. The van der Waals surface area contributed by atoms with Gasteiger partial charge in [0.2, 0.25) is 0 Å². The van der Waals surface area contributed by atoms with Crippen molar-refractivity contribution in [3.8, 4) is 0 Å². The molecular formula is C12H13BrClNO3. The zero-order valence-electron chi connectivity index (χ0n) is 9.58. The lowest BCUT2D eigenvalue weighted by atomic mass is 9.90. The molecule has 1 aliphatic rings. The van der Waals surface area contributed by atoms with E-state index in [-0.39, 0.29) is 0 Å². The van der Waals surface area contributed by atoms with Crippen molar-refractivity contribution in [2.45, 2.75) is 18.4 Å². The third-order valence-electron chi connectivity index (χ3n) is 3.06. The van der Waals surface area contributed by atoms with Crippen molar-refractivity contribution in [2.75, 3.05) is 18.5 Å². The normalized spacial score (nSPS) is 18.3. The van der Waals surface area contributed by atoms with Gasteiger partial charge in [0.25, 0.3) is 0 Å². The van der Waals surface area contributed by atoms with Crippen LogP contribution < -0.4 is 5.32 Å². The van der Waals surface area contributed by atoms with Crippen LogP contribution in [-0.4, -0.2) is 29.8 Å². The van der Waals surface area contributed by atoms with Gasteiger partial charge in [-0.05, 0) is 34.1 Å². The molecule has 0 aliphatic carbocycles. The highest BCUT2D eigenvalue weighted by Gasteiger charge is 2.40. The number of ether oxygens (including phenoxy) is 1. The standard InChI is InChI=1S/C12H13BrClNO3/c13-9-7-8(1-2-10(9)14)15-12(11(16)17)3-5-18-6-4-12/h1-2,7,15H,3-6H2,(H,16,17). The van der Waals surface area contributed by atoms with Gasteiger partial charge in [0, 0.05) is 36.2 Å². The van der Waals surface area contributed by atoms with Gasteiger partial charge in [0.15, 0.2) is 0 Å². The summed E-state index contributed by atoms with van der Waals surface area (Å²) < 4.78 is 5.96. The first-order valence-corrected chi connectivity index (χ1v) is 6.75. The topological polar surface area (TPSA) is 58.6 Å². The molecular weight excluding hydrogens is 321 g/mol. The first-order valence-electron chi connectivity index (χ1n) is 5.58. The molecule has 0 amide bonds. The Morgan fingerprint density at radius 1 is 1.44 bits per heavy atom. The molecule has 0 spiro atoms. The minimum Gasteiger partial charge on any atom is -0.480 e. The number of rotatable bonds is 3. The van der Waals surface area contributed by atoms with E-state index in [0.717, 1.165) is 10.2 Å². The van der Waals surface area contributed by atoms with E-state index in [1.54, 1.807) is 18.2 Å². The molecule has 0 aromatic heterocycles. The third kappa shape index (κ3) is 2.79. The second kappa shape index (κ2) is 5.47. The number of halogens is 2. The van der Waals surface area contributed by atoms with Crippen LogP contribution in [0.2, 0.25) is 5.02 Å². The summed E-state index contributed by atoms with van der Waals surface area (Å²) in [6.07, 6.45) is 0.894. The number of aliphatic carboxylic acids is 1. The smallest absolute Gasteiger partial charge is 0.329 e. The van der Waals surface area contributed by atoms with Crippen LogP contribution in [0.1, 0.15) is 12.8 Å². The monoisotopic (exact) mass is 333 g/mol. The molecule has 0 bridgehead atoms. The van der Waals surface area contributed by atoms with E-state index >= 15 is 0 Å². The van der Waals surface area contributed by atoms with E-state index in [4.69, 9.17) is 16.3 Å². The second-order valence-electron chi connectivity index (χ2n) is 4.25. The van der Waals surface area contributed by atoms with Crippen LogP contribution in [0.25, 0.3) is 0 Å². The molecule has 1 fully saturated rings. The second-order valence-corrected chi connectivity index (χ2v) is 5.52. The van der Waals surface area contributed by atoms with Crippen molar-refractivity contribution in [3.63, 3.8) is 0 Å². The molecule has 0 saturated carbocycles. The van der Waals surface area contributed by atoms with E-state index in [0.29, 0.717) is 31.1 Å². The van der Waals surface area contributed by atoms with Crippen molar-refractivity contribution in [1.29, 1.82) is 0 Å². The molecule has 1 aliphatic heterocycles. The lowest BCUT2D eigenvalue weighted by Crippen LogP contribution is -2.50. The zero-order valence-corrected chi connectivity index (χ0v) is 11.9. The summed E-state index contributed by atoms with van der Waals surface area (Å²) in [7, 11) is 0. The van der Waals surface area contributed by atoms with E-state index in [9.17, 15) is 9.90 Å². The molecule has 1 saturated heterocycles. The predicted octanol–water partition coefficient (Wildman–Crippen LogP) is 3.15. The number of benzene rings is 1. The van der Waals surface area contributed by atoms with Gasteiger partial charge in [-0.2, -0.15) is 0 Å². The molecule has 6 heteroatoms. The average Bonchev–Trinajstić information content (AvgIpc) is 2.35. The van der Waals surface area contributed by atoms with Crippen LogP contribution in [-0.2, 0) is 9.53 Å². The maximum Gasteiger partial charge on any atom is 0.329 e. The summed E-state index contributed by atoms with van der Waals surface area (Å²) in [4.78, 5) is 11.5. The van der Waals surface area contributed by atoms with Gasteiger partial charge in [0.1, 0.15) is 5.54 Å². The minimum absolute atomic E-state index is 0.447. The summed E-state index contributed by atoms with van der Waals surface area (Å²) in [6.45, 7) is 0.905. The molecule has 98 valence electrons. The van der Waals surface area contributed by atoms with Gasteiger partial charge >= 0.3 is 5.97 Å². The third-order valence-corrected chi connectivity index (χ3v) is 4.27. The van der Waals surface area contributed by atoms with E-state index in [2.05, 4.69) is 21.2 Å². The largest absolute Gasteiger partial charge is 0.480 e. The van der Waals surface area contributed by atoms with Gasteiger partial charge in [0.05, 0.1) is 5.02 Å². The fraction of sp³-hybridized carbons (Fsp3) is 0.417. The van der Waals surface area contributed by atoms with E-state index in [1.807, 2.05) is 0 Å². The van der Waals surface area contributed by atoms with Crippen molar-refractivity contribution >= 4 is 39.2 Å². The van der Waals surface area contributed by atoms with Gasteiger partial charge < -0.3 is 15.2 Å². The Labute approximate surface area is 118 Å². The highest BCUT2D eigenvalue weighted by molar-refractivity contribution is 9.10. The molecule has 1 aromatic rings. The summed E-state index contributed by atoms with van der Waals surface area (Å²) in [5, 5.41) is 13.1. The Hall–Kier alpha value is -0.780. The van der Waals surface area contributed by atoms with Crippen LogP contribution >= 0.6 is 27.5 Å². The average molecular weight is 335 g/mol. The number of carbonyl (C=O) groups is 1. The lowest BCUT2D eigenvalue weighted by molar-refractivity contribution is -0.145. The maximum absolute atomic E-state index is 11.5. The van der Waals surface area contributed by atoms with Crippen LogP contribution in [0, 0.1) is 0 Å². The van der Waals surface area contributed by atoms with E-state index in [1.165, 1.54) is 0 Å². The molecule has 4 nitrogen and oxygen atoms in total. The van der Waals surface area contributed by atoms with Gasteiger partial charge in [-0.1, -0.05) is 11.6 Å². The molecule has 0 atom stereocenters. The Morgan fingerprint density at radius 3 is 2.67 bits per heavy atom. The molecule has 1 aromatic carbocycles. The fourth-order valence-corrected chi connectivity index (χ4v) is 2.46. The Kier molecular flexibility index (Phi) is 4.14. The quantitative estimate of drug-likeness (QED) is 0.891. The number of carboxylic acids is 1. The number of carboxylic acid groups (broad SMARTS) is 1. The summed E-state index contributed by atoms with van der Waals surface area (Å²) in [6, 6.07) is 5.28. The van der Waals surface area contributed by atoms with Crippen molar-refractivity contribution in [1.82, 2.24) is 0 Å². The fourth-order valence-electron chi connectivity index (χ4n) is 1.96. The summed E-state index contributed by atoms with van der Waals surface area (Å²) >= 11 is 9.23. The Morgan fingerprint density at radius 2 is 2.11 bits per heavy atom. The van der Waals surface area contributed by atoms with E-state index < -0.39 is 11.5 Å². The lowest BCUT2D eigenvalue weighted by Gasteiger charge is -2.34. The molecule has 18 heavy (non-hydrogen) atoms. The van der Waals surface area contributed by atoms with Gasteiger partial charge in [-0.25, -0.2) is 4.79 Å².